The summed E-state index contributed by atoms with van der Waals surface area (Å²) in [5.41, 5.74) is 0.181. The number of nitrogens with one attached hydrogen (secondary N) is 1. The Morgan fingerprint density at radius 3 is 2.67 bits per heavy atom. The van der Waals surface area contributed by atoms with Gasteiger partial charge in [0.15, 0.2) is 0 Å². The SMILES string of the molecule is COCc1nc(NC(=O)OC(C)(C)C)ccc1Br. The predicted octanol–water partition coefficient (Wildman–Crippen LogP) is 3.34. The fraction of sp³-hybridized carbons (Fsp3) is 0.500. The Hall–Kier alpha value is -1.14. The molecule has 1 N–H and O–H groups in total. The van der Waals surface area contributed by atoms with Crippen LogP contribution >= 0.6 is 15.9 Å². The van der Waals surface area contributed by atoms with Crippen LogP contribution in [0.3, 0.4) is 0 Å². The van der Waals surface area contributed by atoms with Crippen LogP contribution in [0.4, 0.5) is 10.6 Å². The molecule has 1 amide bonds. The molecule has 0 aliphatic carbocycles. The van der Waals surface area contributed by atoms with Crippen LogP contribution < -0.4 is 5.32 Å². The van der Waals surface area contributed by atoms with E-state index in [0.29, 0.717) is 18.1 Å². The highest BCUT2D eigenvalue weighted by molar-refractivity contribution is 9.10. The predicted molar refractivity (Wildman–Crippen MR) is 72.5 cm³/mol. The summed E-state index contributed by atoms with van der Waals surface area (Å²) in [6, 6.07) is 3.49. The standard InChI is InChI=1S/C12H17BrN2O3/c1-12(2,3)18-11(16)15-10-6-5-8(13)9(14-10)7-17-4/h5-6H,7H2,1-4H3,(H,14,15,16). The first-order chi connectivity index (χ1) is 8.31. The second kappa shape index (κ2) is 6.15. The second-order valence-corrected chi connectivity index (χ2v) is 5.54. The molecule has 1 aromatic rings. The van der Waals surface area contributed by atoms with E-state index < -0.39 is 11.7 Å². The maximum absolute atomic E-state index is 11.6. The molecule has 5 nitrogen and oxygen atoms in total. The Kier molecular flexibility index (Phi) is 5.10. The van der Waals surface area contributed by atoms with Crippen molar-refractivity contribution in [3.63, 3.8) is 0 Å². The summed E-state index contributed by atoms with van der Waals surface area (Å²) in [5.74, 6) is 0.430. The lowest BCUT2D eigenvalue weighted by molar-refractivity contribution is 0.0635. The van der Waals surface area contributed by atoms with Gasteiger partial charge in [0.2, 0.25) is 0 Å². The molecule has 0 unspecified atom stereocenters. The van der Waals surface area contributed by atoms with Gasteiger partial charge in [-0.2, -0.15) is 0 Å². The average molecular weight is 317 g/mol. The Bertz CT molecular complexity index is 430. The van der Waals surface area contributed by atoms with E-state index in [4.69, 9.17) is 9.47 Å². The molecule has 0 radical (unpaired) electrons. The van der Waals surface area contributed by atoms with Gasteiger partial charge in [0.05, 0.1) is 12.3 Å². The van der Waals surface area contributed by atoms with E-state index in [9.17, 15) is 4.79 Å². The van der Waals surface area contributed by atoms with Crippen molar-refractivity contribution in [1.82, 2.24) is 4.98 Å². The number of anilines is 1. The van der Waals surface area contributed by atoms with Crippen molar-refractivity contribution < 1.29 is 14.3 Å². The molecule has 0 spiro atoms. The minimum atomic E-state index is -0.533. The highest BCUT2D eigenvalue weighted by atomic mass is 79.9. The van der Waals surface area contributed by atoms with E-state index in [1.165, 1.54) is 0 Å². The number of carbonyl (C=O) groups is 1. The molecule has 1 aromatic heterocycles. The fourth-order valence-electron chi connectivity index (χ4n) is 1.20. The number of carbonyl (C=O) groups excluding carboxylic acids is 1. The fourth-order valence-corrected chi connectivity index (χ4v) is 1.54. The summed E-state index contributed by atoms with van der Waals surface area (Å²) in [6.07, 6.45) is -0.527. The van der Waals surface area contributed by atoms with Crippen molar-refractivity contribution in [2.45, 2.75) is 33.0 Å². The van der Waals surface area contributed by atoms with E-state index in [1.54, 1.807) is 40.0 Å². The third-order valence-corrected chi connectivity index (χ3v) is 2.55. The van der Waals surface area contributed by atoms with Crippen LogP contribution in [0.25, 0.3) is 0 Å². The molecule has 0 aliphatic rings. The third kappa shape index (κ3) is 5.01. The van der Waals surface area contributed by atoms with Gasteiger partial charge in [-0.15, -0.1) is 0 Å². The van der Waals surface area contributed by atoms with Gasteiger partial charge in [-0.1, -0.05) is 0 Å². The highest BCUT2D eigenvalue weighted by Gasteiger charge is 2.16. The average Bonchev–Trinajstić information content (AvgIpc) is 2.20. The zero-order valence-corrected chi connectivity index (χ0v) is 12.5. The molecular formula is C12H17BrN2O3. The van der Waals surface area contributed by atoms with E-state index in [2.05, 4.69) is 26.2 Å². The van der Waals surface area contributed by atoms with Crippen molar-refractivity contribution in [3.8, 4) is 0 Å². The molecule has 0 fully saturated rings. The zero-order chi connectivity index (χ0) is 13.8. The Balaban J connectivity index is 2.73. The van der Waals surface area contributed by atoms with Gasteiger partial charge < -0.3 is 9.47 Å². The van der Waals surface area contributed by atoms with Gasteiger partial charge in [-0.25, -0.2) is 9.78 Å². The van der Waals surface area contributed by atoms with E-state index in [0.717, 1.165) is 4.47 Å². The number of hydrogen-bond acceptors (Lipinski definition) is 4. The van der Waals surface area contributed by atoms with Gasteiger partial charge in [-0.3, -0.25) is 5.32 Å². The maximum Gasteiger partial charge on any atom is 0.413 e. The molecule has 1 heterocycles. The van der Waals surface area contributed by atoms with E-state index in [-0.39, 0.29) is 0 Å². The van der Waals surface area contributed by atoms with Crippen LogP contribution in [0.5, 0.6) is 0 Å². The van der Waals surface area contributed by atoms with E-state index >= 15 is 0 Å². The van der Waals surface area contributed by atoms with Crippen molar-refractivity contribution >= 4 is 27.8 Å². The highest BCUT2D eigenvalue weighted by Crippen LogP contribution is 2.18. The molecule has 18 heavy (non-hydrogen) atoms. The number of ether oxygens (including phenoxy) is 2. The maximum atomic E-state index is 11.6. The van der Waals surface area contributed by atoms with Crippen LogP contribution in [-0.4, -0.2) is 23.8 Å². The largest absolute Gasteiger partial charge is 0.444 e. The summed E-state index contributed by atoms with van der Waals surface area (Å²) in [5, 5.41) is 2.58. The first kappa shape index (κ1) is 14.9. The summed E-state index contributed by atoms with van der Waals surface area (Å²) in [4.78, 5) is 15.8. The van der Waals surface area contributed by atoms with Crippen molar-refractivity contribution in [2.24, 2.45) is 0 Å². The molecule has 1 rings (SSSR count). The molecule has 0 aromatic carbocycles. The molecular weight excluding hydrogens is 300 g/mol. The minimum Gasteiger partial charge on any atom is -0.444 e. The summed E-state index contributed by atoms with van der Waals surface area (Å²) < 4.78 is 11.0. The number of methoxy groups -OCH3 is 1. The van der Waals surface area contributed by atoms with Crippen LogP contribution in [0.1, 0.15) is 26.5 Å². The van der Waals surface area contributed by atoms with Gasteiger partial charge in [-0.05, 0) is 48.8 Å². The quantitative estimate of drug-likeness (QED) is 0.929. The number of halogens is 1. The molecule has 0 saturated carbocycles. The van der Waals surface area contributed by atoms with Gasteiger partial charge in [0, 0.05) is 11.6 Å². The lowest BCUT2D eigenvalue weighted by Crippen LogP contribution is -2.27. The monoisotopic (exact) mass is 316 g/mol. The Morgan fingerprint density at radius 2 is 2.11 bits per heavy atom. The van der Waals surface area contributed by atoms with Crippen molar-refractivity contribution in [2.75, 3.05) is 12.4 Å². The zero-order valence-electron chi connectivity index (χ0n) is 10.9. The van der Waals surface area contributed by atoms with Crippen LogP contribution in [-0.2, 0) is 16.1 Å². The number of rotatable bonds is 3. The molecule has 0 bridgehead atoms. The number of pyridine rings is 1. The third-order valence-electron chi connectivity index (χ3n) is 1.83. The van der Waals surface area contributed by atoms with Gasteiger partial charge in [0.1, 0.15) is 11.4 Å². The Labute approximate surface area is 115 Å². The topological polar surface area (TPSA) is 60.5 Å². The normalized spacial score (nSPS) is 11.2. The number of nitrogens with zero attached hydrogens (tertiary/aromatic N) is 1. The first-order valence-corrected chi connectivity index (χ1v) is 6.25. The summed E-state index contributed by atoms with van der Waals surface area (Å²) in [6.45, 7) is 5.78. The minimum absolute atomic E-state index is 0.365. The van der Waals surface area contributed by atoms with Crippen LogP contribution in [0, 0.1) is 0 Å². The summed E-state index contributed by atoms with van der Waals surface area (Å²) >= 11 is 3.36. The second-order valence-electron chi connectivity index (χ2n) is 4.68. The van der Waals surface area contributed by atoms with Gasteiger partial charge in [0.25, 0.3) is 0 Å². The van der Waals surface area contributed by atoms with Crippen LogP contribution in [0.2, 0.25) is 0 Å². The summed E-state index contributed by atoms with van der Waals surface area (Å²) in [7, 11) is 1.59. The van der Waals surface area contributed by atoms with Crippen molar-refractivity contribution in [1.29, 1.82) is 0 Å². The molecule has 0 aliphatic heterocycles. The number of aromatic nitrogens is 1. The molecule has 0 atom stereocenters. The lowest BCUT2D eigenvalue weighted by atomic mass is 10.2. The number of hydrogen-bond donors (Lipinski definition) is 1. The molecule has 100 valence electrons. The van der Waals surface area contributed by atoms with E-state index in [1.807, 2.05) is 0 Å². The number of amides is 1. The molecule has 0 saturated heterocycles. The lowest BCUT2D eigenvalue weighted by Gasteiger charge is -2.19. The van der Waals surface area contributed by atoms with Crippen LogP contribution in [0.15, 0.2) is 16.6 Å². The Morgan fingerprint density at radius 1 is 1.44 bits per heavy atom. The smallest absolute Gasteiger partial charge is 0.413 e. The van der Waals surface area contributed by atoms with Gasteiger partial charge >= 0.3 is 6.09 Å². The molecule has 6 heteroatoms. The first-order valence-electron chi connectivity index (χ1n) is 5.46. The van der Waals surface area contributed by atoms with Crippen molar-refractivity contribution in [3.05, 3.63) is 22.3 Å².